The van der Waals surface area contributed by atoms with Gasteiger partial charge in [-0.3, -0.25) is 4.79 Å². The van der Waals surface area contributed by atoms with Gasteiger partial charge in [0.15, 0.2) is 0 Å². The Labute approximate surface area is 113 Å². The Morgan fingerprint density at radius 3 is 2.83 bits per heavy atom. The minimum atomic E-state index is -0.0741. The highest BCUT2D eigenvalue weighted by molar-refractivity contribution is 6.31. The van der Waals surface area contributed by atoms with Crippen molar-refractivity contribution in [2.24, 2.45) is 5.92 Å². The SMILES string of the molecule is CC(NC(=O)C1NCCC1C)c1ccccc1Cl. The molecule has 0 spiro atoms. The van der Waals surface area contributed by atoms with E-state index in [1.807, 2.05) is 31.2 Å². The number of amides is 1. The molecule has 0 bridgehead atoms. The van der Waals surface area contributed by atoms with Crippen LogP contribution in [-0.2, 0) is 4.79 Å². The summed E-state index contributed by atoms with van der Waals surface area (Å²) < 4.78 is 0. The van der Waals surface area contributed by atoms with E-state index in [1.165, 1.54) is 0 Å². The summed E-state index contributed by atoms with van der Waals surface area (Å²) in [4.78, 5) is 12.1. The van der Waals surface area contributed by atoms with E-state index in [0.29, 0.717) is 10.9 Å². The quantitative estimate of drug-likeness (QED) is 0.883. The summed E-state index contributed by atoms with van der Waals surface area (Å²) in [5.74, 6) is 0.455. The molecular weight excluding hydrogens is 248 g/mol. The van der Waals surface area contributed by atoms with Gasteiger partial charge in [-0.1, -0.05) is 36.7 Å². The first kappa shape index (κ1) is 13.4. The summed E-state index contributed by atoms with van der Waals surface area (Å²) in [6.45, 7) is 4.98. The lowest BCUT2D eigenvalue weighted by atomic mass is 10.0. The van der Waals surface area contributed by atoms with Crippen LogP contribution in [0.2, 0.25) is 5.02 Å². The van der Waals surface area contributed by atoms with Crippen molar-refractivity contribution in [2.75, 3.05) is 6.54 Å². The fourth-order valence-electron chi connectivity index (χ4n) is 2.39. The molecule has 1 amide bonds. The van der Waals surface area contributed by atoms with Gasteiger partial charge >= 0.3 is 0 Å². The molecule has 2 rings (SSSR count). The molecule has 1 saturated heterocycles. The molecule has 1 aliphatic heterocycles. The Hall–Kier alpha value is -1.06. The van der Waals surface area contributed by atoms with Crippen LogP contribution in [0.3, 0.4) is 0 Å². The molecule has 1 aliphatic rings. The van der Waals surface area contributed by atoms with Crippen LogP contribution in [0.4, 0.5) is 0 Å². The van der Waals surface area contributed by atoms with E-state index in [2.05, 4.69) is 17.6 Å². The van der Waals surface area contributed by atoms with Gasteiger partial charge < -0.3 is 10.6 Å². The molecule has 3 unspecified atom stereocenters. The number of benzene rings is 1. The fraction of sp³-hybridized carbons (Fsp3) is 0.500. The Balaban J connectivity index is 2.01. The molecule has 0 saturated carbocycles. The maximum atomic E-state index is 12.1. The molecule has 3 nitrogen and oxygen atoms in total. The van der Waals surface area contributed by atoms with Crippen LogP contribution >= 0.6 is 11.6 Å². The van der Waals surface area contributed by atoms with E-state index in [4.69, 9.17) is 11.6 Å². The van der Waals surface area contributed by atoms with Gasteiger partial charge in [0.05, 0.1) is 12.1 Å². The summed E-state index contributed by atoms with van der Waals surface area (Å²) in [5, 5.41) is 6.95. The maximum Gasteiger partial charge on any atom is 0.237 e. The first-order valence-electron chi connectivity index (χ1n) is 6.37. The molecule has 0 aromatic heterocycles. The molecule has 1 aromatic carbocycles. The third kappa shape index (κ3) is 2.85. The number of hydrogen-bond acceptors (Lipinski definition) is 2. The molecule has 2 N–H and O–H groups in total. The highest BCUT2D eigenvalue weighted by atomic mass is 35.5. The molecule has 0 radical (unpaired) electrons. The third-order valence-electron chi connectivity index (χ3n) is 3.55. The Morgan fingerprint density at radius 2 is 2.22 bits per heavy atom. The van der Waals surface area contributed by atoms with Crippen molar-refractivity contribution in [1.82, 2.24) is 10.6 Å². The van der Waals surface area contributed by atoms with Crippen LogP contribution in [0.1, 0.15) is 31.9 Å². The van der Waals surface area contributed by atoms with E-state index in [-0.39, 0.29) is 18.0 Å². The Kier molecular flexibility index (Phi) is 4.25. The lowest BCUT2D eigenvalue weighted by Crippen LogP contribution is -2.44. The highest BCUT2D eigenvalue weighted by Crippen LogP contribution is 2.23. The fourth-order valence-corrected chi connectivity index (χ4v) is 2.69. The van der Waals surface area contributed by atoms with Crippen LogP contribution in [0.25, 0.3) is 0 Å². The molecule has 4 heteroatoms. The van der Waals surface area contributed by atoms with Crippen molar-refractivity contribution in [1.29, 1.82) is 0 Å². The molecule has 1 heterocycles. The van der Waals surface area contributed by atoms with Gasteiger partial charge in [0.1, 0.15) is 0 Å². The summed E-state index contributed by atoms with van der Waals surface area (Å²) in [5.41, 5.74) is 0.957. The second-order valence-corrected chi connectivity index (χ2v) is 5.36. The molecule has 0 aliphatic carbocycles. The van der Waals surface area contributed by atoms with Crippen molar-refractivity contribution < 1.29 is 4.79 Å². The van der Waals surface area contributed by atoms with Crippen molar-refractivity contribution >= 4 is 17.5 Å². The molecule has 1 aromatic rings. The van der Waals surface area contributed by atoms with Crippen molar-refractivity contribution in [3.8, 4) is 0 Å². The van der Waals surface area contributed by atoms with Gasteiger partial charge in [-0.2, -0.15) is 0 Å². The molecular formula is C14H19ClN2O. The zero-order valence-corrected chi connectivity index (χ0v) is 11.5. The summed E-state index contributed by atoms with van der Waals surface area (Å²) in [7, 11) is 0. The van der Waals surface area contributed by atoms with Crippen LogP contribution in [0, 0.1) is 5.92 Å². The lowest BCUT2D eigenvalue weighted by molar-refractivity contribution is -0.124. The molecule has 3 atom stereocenters. The Bertz CT molecular complexity index is 436. The zero-order valence-electron chi connectivity index (χ0n) is 10.7. The first-order chi connectivity index (χ1) is 8.59. The molecule has 18 heavy (non-hydrogen) atoms. The summed E-state index contributed by atoms with van der Waals surface area (Å²) in [6.07, 6.45) is 1.05. The number of nitrogens with one attached hydrogen (secondary N) is 2. The predicted molar refractivity (Wildman–Crippen MR) is 73.6 cm³/mol. The van der Waals surface area contributed by atoms with Gasteiger partial charge in [0.2, 0.25) is 5.91 Å². The lowest BCUT2D eigenvalue weighted by Gasteiger charge is -2.20. The van der Waals surface area contributed by atoms with Crippen LogP contribution in [0.5, 0.6) is 0 Å². The number of rotatable bonds is 3. The monoisotopic (exact) mass is 266 g/mol. The first-order valence-corrected chi connectivity index (χ1v) is 6.75. The standard InChI is InChI=1S/C14H19ClN2O/c1-9-7-8-16-13(9)14(18)17-10(2)11-5-3-4-6-12(11)15/h3-6,9-10,13,16H,7-8H2,1-2H3,(H,17,18). The van der Waals surface area contributed by atoms with E-state index in [9.17, 15) is 4.79 Å². The van der Waals surface area contributed by atoms with Crippen molar-refractivity contribution in [3.05, 3.63) is 34.9 Å². The highest BCUT2D eigenvalue weighted by Gasteiger charge is 2.30. The number of halogens is 1. The average molecular weight is 267 g/mol. The second-order valence-electron chi connectivity index (χ2n) is 4.95. The van der Waals surface area contributed by atoms with Gasteiger partial charge in [0, 0.05) is 5.02 Å². The second kappa shape index (κ2) is 5.72. The predicted octanol–water partition coefficient (Wildman–Crippen LogP) is 2.52. The van der Waals surface area contributed by atoms with Crippen molar-refractivity contribution in [2.45, 2.75) is 32.4 Å². The van der Waals surface area contributed by atoms with E-state index in [0.717, 1.165) is 18.5 Å². The zero-order chi connectivity index (χ0) is 13.1. The Morgan fingerprint density at radius 1 is 1.50 bits per heavy atom. The van der Waals surface area contributed by atoms with Gasteiger partial charge in [-0.15, -0.1) is 0 Å². The van der Waals surface area contributed by atoms with E-state index >= 15 is 0 Å². The third-order valence-corrected chi connectivity index (χ3v) is 3.89. The average Bonchev–Trinajstić information content (AvgIpc) is 2.76. The maximum absolute atomic E-state index is 12.1. The minimum Gasteiger partial charge on any atom is -0.348 e. The molecule has 1 fully saturated rings. The van der Waals surface area contributed by atoms with Gasteiger partial charge in [-0.25, -0.2) is 0 Å². The minimum absolute atomic E-state index is 0.0624. The van der Waals surface area contributed by atoms with Gasteiger partial charge in [-0.05, 0) is 37.4 Å². The topological polar surface area (TPSA) is 41.1 Å². The van der Waals surface area contributed by atoms with Crippen LogP contribution in [-0.4, -0.2) is 18.5 Å². The largest absolute Gasteiger partial charge is 0.348 e. The van der Waals surface area contributed by atoms with E-state index < -0.39 is 0 Å². The number of carbonyl (C=O) groups is 1. The van der Waals surface area contributed by atoms with Crippen LogP contribution < -0.4 is 10.6 Å². The summed E-state index contributed by atoms with van der Waals surface area (Å²) >= 11 is 6.12. The number of hydrogen-bond donors (Lipinski definition) is 2. The van der Waals surface area contributed by atoms with Gasteiger partial charge in [0.25, 0.3) is 0 Å². The smallest absolute Gasteiger partial charge is 0.237 e. The van der Waals surface area contributed by atoms with Crippen LogP contribution in [0.15, 0.2) is 24.3 Å². The summed E-state index contributed by atoms with van der Waals surface area (Å²) in [6, 6.07) is 7.46. The molecule has 98 valence electrons. The van der Waals surface area contributed by atoms with E-state index in [1.54, 1.807) is 0 Å². The van der Waals surface area contributed by atoms with Crippen molar-refractivity contribution in [3.63, 3.8) is 0 Å². The normalized spacial score (nSPS) is 24.8. The number of carbonyl (C=O) groups excluding carboxylic acids is 1.